The van der Waals surface area contributed by atoms with Gasteiger partial charge >= 0.3 is 5.69 Å². The Morgan fingerprint density at radius 3 is 2.70 bits per heavy atom. The number of aryl methyl sites for hydroxylation is 1. The van der Waals surface area contributed by atoms with E-state index in [2.05, 4.69) is 15.2 Å². The van der Waals surface area contributed by atoms with Crippen LogP contribution in [0.2, 0.25) is 0 Å². The quantitative estimate of drug-likeness (QED) is 0.723. The van der Waals surface area contributed by atoms with Gasteiger partial charge in [-0.25, -0.2) is 9.36 Å². The number of hydrogen-bond acceptors (Lipinski definition) is 6. The molecule has 10 heteroatoms. The van der Waals surface area contributed by atoms with Gasteiger partial charge < -0.3 is 4.90 Å². The number of likely N-dealkylation sites (tertiary alicyclic amines) is 1. The van der Waals surface area contributed by atoms with E-state index in [4.69, 9.17) is 0 Å². The number of nitrogens with zero attached hydrogens (tertiary/aromatic N) is 5. The first-order valence-electron chi connectivity index (χ1n) is 8.96. The predicted molar refractivity (Wildman–Crippen MR) is 102 cm³/mol. The Bertz CT molecular complexity index is 1110. The molecular weight excluding hydrogens is 368 g/mol. The maximum absolute atomic E-state index is 13.2. The third kappa shape index (κ3) is 2.80. The van der Waals surface area contributed by atoms with E-state index in [-0.39, 0.29) is 5.91 Å². The molecule has 1 unspecified atom stereocenters. The summed E-state index contributed by atoms with van der Waals surface area (Å²) in [5, 5.41) is 9.29. The number of nitrogens with one attached hydrogen (secondary N) is 1. The molecule has 0 bridgehead atoms. The Balaban J connectivity index is 1.87. The van der Waals surface area contributed by atoms with Crippen molar-refractivity contribution in [2.45, 2.75) is 39.2 Å². The molecule has 3 aromatic heterocycles. The molecule has 1 aliphatic rings. The first-order chi connectivity index (χ1) is 13.0. The van der Waals surface area contributed by atoms with Crippen LogP contribution < -0.4 is 11.2 Å². The topological polar surface area (TPSA) is 106 Å². The monoisotopic (exact) mass is 388 g/mol. The molecule has 142 valence electrons. The van der Waals surface area contributed by atoms with Crippen LogP contribution >= 0.6 is 11.3 Å². The number of aromatic amines is 1. The molecule has 4 heterocycles. The molecule has 1 N–H and O–H groups in total. The van der Waals surface area contributed by atoms with Crippen LogP contribution in [0.5, 0.6) is 0 Å². The van der Waals surface area contributed by atoms with Crippen LogP contribution in [0.3, 0.4) is 0 Å². The molecule has 27 heavy (non-hydrogen) atoms. The van der Waals surface area contributed by atoms with Crippen molar-refractivity contribution in [2.24, 2.45) is 0 Å². The first-order valence-corrected chi connectivity index (χ1v) is 9.78. The minimum atomic E-state index is -0.753. The SMILES string of the molecule is CCCN1CCCC(n2c(=O)[nH]c3sc(-n4nccn4)c(C)c3c2=O)C1=O. The van der Waals surface area contributed by atoms with Crippen molar-refractivity contribution in [3.63, 3.8) is 0 Å². The molecule has 1 saturated heterocycles. The second kappa shape index (κ2) is 6.76. The van der Waals surface area contributed by atoms with E-state index in [9.17, 15) is 14.4 Å². The van der Waals surface area contributed by atoms with Crippen LogP contribution in [-0.2, 0) is 4.79 Å². The highest BCUT2D eigenvalue weighted by Crippen LogP contribution is 2.29. The molecule has 1 aliphatic heterocycles. The van der Waals surface area contributed by atoms with Crippen molar-refractivity contribution >= 4 is 27.5 Å². The van der Waals surface area contributed by atoms with Crippen LogP contribution in [0, 0.1) is 6.92 Å². The van der Waals surface area contributed by atoms with Crippen molar-refractivity contribution in [1.29, 1.82) is 0 Å². The lowest BCUT2D eigenvalue weighted by Gasteiger charge is -2.32. The molecule has 0 radical (unpaired) electrons. The molecule has 1 fully saturated rings. The number of rotatable bonds is 4. The summed E-state index contributed by atoms with van der Waals surface area (Å²) in [5.41, 5.74) is -0.294. The molecule has 4 rings (SSSR count). The van der Waals surface area contributed by atoms with Gasteiger partial charge in [-0.05, 0) is 26.2 Å². The minimum absolute atomic E-state index is 0.156. The van der Waals surface area contributed by atoms with Crippen molar-refractivity contribution < 1.29 is 4.79 Å². The number of H-pyrrole nitrogens is 1. The zero-order chi connectivity index (χ0) is 19.1. The normalized spacial score (nSPS) is 17.8. The lowest BCUT2D eigenvalue weighted by Crippen LogP contribution is -2.49. The zero-order valence-electron chi connectivity index (χ0n) is 15.1. The lowest BCUT2D eigenvalue weighted by atomic mass is 10.0. The van der Waals surface area contributed by atoms with Crippen LogP contribution in [-0.4, -0.2) is 48.4 Å². The van der Waals surface area contributed by atoms with Crippen molar-refractivity contribution in [1.82, 2.24) is 29.4 Å². The summed E-state index contributed by atoms with van der Waals surface area (Å²) < 4.78 is 1.09. The van der Waals surface area contributed by atoms with E-state index in [0.29, 0.717) is 40.3 Å². The van der Waals surface area contributed by atoms with E-state index in [1.807, 2.05) is 6.92 Å². The molecule has 9 nitrogen and oxygen atoms in total. The number of thiophene rings is 1. The Morgan fingerprint density at radius 2 is 2.00 bits per heavy atom. The van der Waals surface area contributed by atoms with Gasteiger partial charge in [-0.15, -0.1) is 4.80 Å². The van der Waals surface area contributed by atoms with Crippen LogP contribution in [0.1, 0.15) is 37.8 Å². The van der Waals surface area contributed by atoms with Gasteiger partial charge in [0, 0.05) is 18.7 Å². The predicted octanol–water partition coefficient (Wildman–Crippen LogP) is 1.21. The van der Waals surface area contributed by atoms with Gasteiger partial charge in [0.1, 0.15) is 15.9 Å². The van der Waals surface area contributed by atoms with Crippen LogP contribution in [0.15, 0.2) is 22.0 Å². The number of carbonyl (C=O) groups is 1. The van der Waals surface area contributed by atoms with Gasteiger partial charge in [-0.3, -0.25) is 14.6 Å². The molecule has 0 aliphatic carbocycles. The van der Waals surface area contributed by atoms with Crippen LogP contribution in [0.4, 0.5) is 0 Å². The number of piperidine rings is 1. The fourth-order valence-electron chi connectivity index (χ4n) is 3.66. The summed E-state index contributed by atoms with van der Waals surface area (Å²) in [7, 11) is 0. The number of fused-ring (bicyclic) bond motifs is 1. The molecule has 0 spiro atoms. The molecule has 0 aromatic carbocycles. The summed E-state index contributed by atoms with van der Waals surface area (Å²) in [5.74, 6) is -0.156. The van der Waals surface area contributed by atoms with Gasteiger partial charge in [0.05, 0.1) is 17.8 Å². The highest BCUT2D eigenvalue weighted by Gasteiger charge is 2.32. The molecule has 1 atom stereocenters. The molecule has 1 amide bonds. The molecule has 3 aromatic rings. The van der Waals surface area contributed by atoms with Gasteiger partial charge in [-0.2, -0.15) is 10.2 Å². The lowest BCUT2D eigenvalue weighted by molar-refractivity contribution is -0.137. The maximum Gasteiger partial charge on any atom is 0.330 e. The Kier molecular flexibility index (Phi) is 4.42. The minimum Gasteiger partial charge on any atom is -0.341 e. The number of amides is 1. The third-order valence-electron chi connectivity index (χ3n) is 4.90. The van der Waals surface area contributed by atoms with Gasteiger partial charge in [-0.1, -0.05) is 18.3 Å². The Labute approximate surface area is 158 Å². The fraction of sp³-hybridized carbons (Fsp3) is 0.471. The highest BCUT2D eigenvalue weighted by atomic mass is 32.1. The summed E-state index contributed by atoms with van der Waals surface area (Å²) >= 11 is 1.25. The summed E-state index contributed by atoms with van der Waals surface area (Å²) in [6, 6.07) is -0.753. The van der Waals surface area contributed by atoms with Gasteiger partial charge in [0.25, 0.3) is 5.56 Å². The van der Waals surface area contributed by atoms with Gasteiger partial charge in [0.15, 0.2) is 0 Å². The second-order valence-electron chi connectivity index (χ2n) is 6.64. The smallest absolute Gasteiger partial charge is 0.330 e. The largest absolute Gasteiger partial charge is 0.341 e. The summed E-state index contributed by atoms with van der Waals surface area (Å²) in [4.78, 5) is 45.1. The maximum atomic E-state index is 13.2. The number of aromatic nitrogens is 5. The average Bonchev–Trinajstić information content (AvgIpc) is 3.26. The summed E-state index contributed by atoms with van der Waals surface area (Å²) in [6.45, 7) is 5.11. The van der Waals surface area contributed by atoms with E-state index in [0.717, 1.165) is 17.4 Å². The average molecular weight is 388 g/mol. The zero-order valence-corrected chi connectivity index (χ0v) is 16.0. The number of carbonyl (C=O) groups excluding carboxylic acids is 1. The Morgan fingerprint density at radius 1 is 1.26 bits per heavy atom. The standard InChI is InChI=1S/C17H20N6O3S/c1-3-8-21-9-4-5-11(14(21)24)22-15(25)12-10(2)16(23-18-6-7-19-23)27-13(12)20-17(22)26/h6-7,11H,3-5,8-9H2,1-2H3,(H,20,26). The second-order valence-corrected chi connectivity index (χ2v) is 7.64. The van der Waals surface area contributed by atoms with Crippen molar-refractivity contribution in [3.05, 3.63) is 38.8 Å². The van der Waals surface area contributed by atoms with Crippen molar-refractivity contribution in [3.8, 4) is 5.00 Å². The fourth-order valence-corrected chi connectivity index (χ4v) is 4.77. The highest BCUT2D eigenvalue weighted by molar-refractivity contribution is 7.21. The third-order valence-corrected chi connectivity index (χ3v) is 6.07. The van der Waals surface area contributed by atoms with E-state index in [1.165, 1.54) is 16.1 Å². The molecular formula is C17H20N6O3S. The van der Waals surface area contributed by atoms with E-state index >= 15 is 0 Å². The van der Waals surface area contributed by atoms with Crippen molar-refractivity contribution in [2.75, 3.05) is 13.1 Å². The van der Waals surface area contributed by atoms with E-state index in [1.54, 1.807) is 24.2 Å². The molecule has 0 saturated carbocycles. The van der Waals surface area contributed by atoms with Gasteiger partial charge in [0.2, 0.25) is 5.91 Å². The van der Waals surface area contributed by atoms with Crippen LogP contribution in [0.25, 0.3) is 15.2 Å². The Hall–Kier alpha value is -2.75. The number of hydrogen-bond donors (Lipinski definition) is 1. The summed E-state index contributed by atoms with van der Waals surface area (Å²) in [6.07, 6.45) is 5.20. The first kappa shape index (κ1) is 17.7. The van der Waals surface area contributed by atoms with E-state index < -0.39 is 17.3 Å².